The van der Waals surface area contributed by atoms with Gasteiger partial charge in [0.05, 0.1) is 12.5 Å². The van der Waals surface area contributed by atoms with Crippen LogP contribution in [0.2, 0.25) is 5.04 Å². The van der Waals surface area contributed by atoms with Crippen molar-refractivity contribution in [2.24, 2.45) is 0 Å². The zero-order valence-electron chi connectivity index (χ0n) is 25.2. The van der Waals surface area contributed by atoms with Crippen LogP contribution < -0.4 is 21.4 Å². The molecule has 224 valence electrons. The van der Waals surface area contributed by atoms with Crippen molar-refractivity contribution in [2.45, 2.75) is 83.5 Å². The van der Waals surface area contributed by atoms with Crippen LogP contribution >= 0.6 is 0 Å². The first kappa shape index (κ1) is 31.3. The standard InChI is InChI=1S/C32H41N3O6Si/c1-7-25-28(40-27(37)19-18-26(36)33-6)29(30(39-25)35-21-20-22(2)34-31(35)38)41-42(32(3,4)5,23-14-10-8-11-15-23)24-16-12-9-13-17-24/h8-17,20-21,25,28-30H,7,18-19H2,1-6H3,(H,33,36)/t25-,28+,29?,30-/m1/s1. The number of nitrogens with zero attached hydrogens (tertiary/aromatic N) is 2. The van der Waals surface area contributed by atoms with Crippen LogP contribution in [0.5, 0.6) is 0 Å². The predicted octanol–water partition coefficient (Wildman–Crippen LogP) is 3.24. The number of hydrogen-bond donors (Lipinski definition) is 1. The van der Waals surface area contributed by atoms with E-state index in [0.717, 1.165) is 10.4 Å². The van der Waals surface area contributed by atoms with Crippen LogP contribution in [0.3, 0.4) is 0 Å². The number of carbonyl (C=O) groups is 2. The number of amides is 1. The fourth-order valence-corrected chi connectivity index (χ4v) is 10.3. The number of hydrogen-bond acceptors (Lipinski definition) is 7. The van der Waals surface area contributed by atoms with Crippen LogP contribution in [-0.2, 0) is 23.5 Å². The number of ether oxygens (including phenoxy) is 2. The lowest BCUT2D eigenvalue weighted by Crippen LogP contribution is -2.69. The highest BCUT2D eigenvalue weighted by Crippen LogP contribution is 2.43. The molecule has 4 rings (SSSR count). The van der Waals surface area contributed by atoms with Crippen LogP contribution in [-0.4, -0.2) is 55.1 Å². The smallest absolute Gasteiger partial charge is 0.349 e. The van der Waals surface area contributed by atoms with Gasteiger partial charge in [-0.3, -0.25) is 14.2 Å². The van der Waals surface area contributed by atoms with Crippen LogP contribution in [0.4, 0.5) is 0 Å². The third-order valence-electron chi connectivity index (χ3n) is 7.76. The lowest BCUT2D eigenvalue weighted by atomic mass is 10.1. The van der Waals surface area contributed by atoms with Crippen LogP contribution in [0, 0.1) is 6.92 Å². The van der Waals surface area contributed by atoms with Crippen LogP contribution in [0.1, 0.15) is 58.9 Å². The average Bonchev–Trinajstić information content (AvgIpc) is 3.30. The molecule has 42 heavy (non-hydrogen) atoms. The van der Waals surface area contributed by atoms with Crippen molar-refractivity contribution in [3.8, 4) is 0 Å². The second-order valence-electron chi connectivity index (χ2n) is 11.6. The van der Waals surface area contributed by atoms with Crippen LogP contribution in [0.25, 0.3) is 0 Å². The first-order valence-electron chi connectivity index (χ1n) is 14.4. The molecular weight excluding hydrogens is 550 g/mol. The van der Waals surface area contributed by atoms with Gasteiger partial charge in [-0.1, -0.05) is 88.4 Å². The summed E-state index contributed by atoms with van der Waals surface area (Å²) in [6.07, 6.45) is -1.03. The van der Waals surface area contributed by atoms with Crippen molar-refractivity contribution in [1.29, 1.82) is 0 Å². The Morgan fingerprint density at radius 1 is 0.976 bits per heavy atom. The number of carbonyl (C=O) groups excluding carboxylic acids is 2. The topological polar surface area (TPSA) is 109 Å². The van der Waals surface area contributed by atoms with Gasteiger partial charge in [0.1, 0.15) is 6.10 Å². The molecule has 1 aliphatic rings. The van der Waals surface area contributed by atoms with E-state index in [4.69, 9.17) is 13.9 Å². The van der Waals surface area contributed by atoms with Gasteiger partial charge < -0.3 is 19.2 Å². The Bertz CT molecular complexity index is 1380. The Kier molecular flexibility index (Phi) is 9.81. The largest absolute Gasteiger partial charge is 0.457 e. The Labute approximate surface area is 248 Å². The highest BCUT2D eigenvalue weighted by molar-refractivity contribution is 6.99. The number of aromatic nitrogens is 2. The predicted molar refractivity (Wildman–Crippen MR) is 163 cm³/mol. The number of esters is 1. The monoisotopic (exact) mass is 591 g/mol. The van der Waals surface area contributed by atoms with Crippen molar-refractivity contribution >= 4 is 30.6 Å². The van der Waals surface area contributed by atoms with Gasteiger partial charge >= 0.3 is 11.7 Å². The molecule has 1 fully saturated rings. The van der Waals surface area contributed by atoms with Gasteiger partial charge in [0, 0.05) is 25.4 Å². The van der Waals surface area contributed by atoms with E-state index in [0.29, 0.717) is 12.1 Å². The molecule has 0 spiro atoms. The minimum Gasteiger partial charge on any atom is -0.457 e. The van der Waals surface area contributed by atoms with Crippen molar-refractivity contribution in [3.05, 3.63) is 89.1 Å². The van der Waals surface area contributed by atoms with E-state index < -0.39 is 44.5 Å². The quantitative estimate of drug-likeness (QED) is 0.285. The molecule has 4 atom stereocenters. The zero-order valence-corrected chi connectivity index (χ0v) is 26.2. The second kappa shape index (κ2) is 13.1. The Balaban J connectivity index is 1.88. The fourth-order valence-electron chi connectivity index (χ4n) is 5.67. The minimum absolute atomic E-state index is 0.00467. The molecule has 3 aromatic rings. The summed E-state index contributed by atoms with van der Waals surface area (Å²) in [4.78, 5) is 42.3. The average molecular weight is 592 g/mol. The molecule has 1 aliphatic heterocycles. The minimum atomic E-state index is -3.17. The van der Waals surface area contributed by atoms with E-state index in [9.17, 15) is 14.4 Å². The summed E-state index contributed by atoms with van der Waals surface area (Å²) < 4.78 is 21.4. The zero-order chi connectivity index (χ0) is 30.5. The molecule has 9 nitrogen and oxygen atoms in total. The number of rotatable bonds is 10. The summed E-state index contributed by atoms with van der Waals surface area (Å²) in [7, 11) is -1.64. The molecule has 1 saturated heterocycles. The number of benzene rings is 2. The molecule has 1 N–H and O–H groups in total. The Morgan fingerprint density at radius 3 is 2.07 bits per heavy atom. The second-order valence-corrected chi connectivity index (χ2v) is 15.9. The summed E-state index contributed by atoms with van der Waals surface area (Å²) in [5.74, 6) is -0.784. The van der Waals surface area contributed by atoms with Gasteiger partial charge in [-0.25, -0.2) is 4.79 Å². The molecular formula is C32H41N3O6Si. The van der Waals surface area contributed by atoms with Crippen molar-refractivity contribution in [2.75, 3.05) is 7.05 Å². The maximum absolute atomic E-state index is 13.2. The van der Waals surface area contributed by atoms with Gasteiger partial charge in [-0.05, 0) is 34.8 Å². The molecule has 2 aromatic carbocycles. The fraction of sp³-hybridized carbons (Fsp3) is 0.438. The Morgan fingerprint density at radius 2 is 1.57 bits per heavy atom. The summed E-state index contributed by atoms with van der Waals surface area (Å²) in [6.45, 7) is 10.2. The van der Waals surface area contributed by atoms with Crippen molar-refractivity contribution in [3.63, 3.8) is 0 Å². The first-order chi connectivity index (χ1) is 20.0. The molecule has 2 heterocycles. The van der Waals surface area contributed by atoms with E-state index in [2.05, 4.69) is 55.3 Å². The van der Waals surface area contributed by atoms with Gasteiger partial charge in [0.15, 0.2) is 12.3 Å². The maximum atomic E-state index is 13.2. The third kappa shape index (κ3) is 6.40. The molecule has 1 unspecified atom stereocenters. The molecule has 0 bridgehead atoms. The molecule has 10 heteroatoms. The highest BCUT2D eigenvalue weighted by atomic mass is 28.4. The molecule has 0 saturated carbocycles. The van der Waals surface area contributed by atoms with E-state index >= 15 is 0 Å². The van der Waals surface area contributed by atoms with E-state index in [-0.39, 0.29) is 23.8 Å². The van der Waals surface area contributed by atoms with Crippen LogP contribution in [0.15, 0.2) is 77.7 Å². The van der Waals surface area contributed by atoms with E-state index in [1.807, 2.05) is 43.3 Å². The molecule has 1 amide bonds. The lowest BCUT2D eigenvalue weighted by molar-refractivity contribution is -0.156. The summed E-state index contributed by atoms with van der Waals surface area (Å²) in [5, 5.41) is 4.24. The summed E-state index contributed by atoms with van der Waals surface area (Å²) in [5.41, 5.74) is 0.111. The van der Waals surface area contributed by atoms with Crippen molar-refractivity contribution < 1.29 is 23.5 Å². The van der Waals surface area contributed by atoms with E-state index in [1.54, 1.807) is 19.2 Å². The molecule has 0 aliphatic carbocycles. The van der Waals surface area contributed by atoms with Gasteiger partial charge in [0.25, 0.3) is 8.32 Å². The Hall–Kier alpha value is -3.60. The van der Waals surface area contributed by atoms with Gasteiger partial charge in [-0.15, -0.1) is 0 Å². The number of nitrogens with one attached hydrogen (secondary N) is 1. The summed E-state index contributed by atoms with van der Waals surface area (Å²) >= 11 is 0. The SMILES string of the molecule is CC[C@H]1O[C@@H](n2ccc(C)nc2=O)C(O[Si](c2ccccc2)(c2ccccc2)C(C)(C)C)[C@H]1OC(=O)CCC(=O)NC. The van der Waals surface area contributed by atoms with Gasteiger partial charge in [0.2, 0.25) is 5.91 Å². The highest BCUT2D eigenvalue weighted by Gasteiger charge is 2.57. The lowest BCUT2D eigenvalue weighted by Gasteiger charge is -2.45. The van der Waals surface area contributed by atoms with Crippen molar-refractivity contribution in [1.82, 2.24) is 14.9 Å². The molecule has 1 aromatic heterocycles. The number of aryl methyl sites for hydroxylation is 1. The normalized spacial score (nSPS) is 20.7. The maximum Gasteiger partial charge on any atom is 0.349 e. The summed E-state index contributed by atoms with van der Waals surface area (Å²) in [6, 6.07) is 22.0. The third-order valence-corrected chi connectivity index (χ3v) is 12.8. The molecule has 0 radical (unpaired) electrons. The first-order valence-corrected chi connectivity index (χ1v) is 16.3. The van der Waals surface area contributed by atoms with E-state index in [1.165, 1.54) is 11.6 Å². The van der Waals surface area contributed by atoms with Gasteiger partial charge in [-0.2, -0.15) is 4.98 Å².